The molecule has 0 bridgehead atoms. The average Bonchev–Trinajstić information content (AvgIpc) is 2.29. The highest BCUT2D eigenvalue weighted by molar-refractivity contribution is 9.10. The van der Waals surface area contributed by atoms with Crippen molar-refractivity contribution >= 4 is 31.9 Å². The van der Waals surface area contributed by atoms with Crippen LogP contribution < -0.4 is 10.2 Å². The number of benzene rings is 1. The fraction of sp³-hybridized carbons (Fsp3) is 0.222. The van der Waals surface area contributed by atoms with Crippen molar-refractivity contribution in [2.45, 2.75) is 4.90 Å². The molecule has 0 aliphatic heterocycles. The fourth-order valence-electron chi connectivity index (χ4n) is 0.907. The molecule has 1 rings (SSSR count). The summed E-state index contributed by atoms with van der Waals surface area (Å²) in [7, 11) is -2.33. The van der Waals surface area contributed by atoms with Crippen LogP contribution in [0.2, 0.25) is 0 Å². The smallest absolute Gasteiger partial charge is 0.262 e. The van der Waals surface area contributed by atoms with E-state index in [1.807, 2.05) is 4.89 Å². The van der Waals surface area contributed by atoms with Crippen molar-refractivity contribution in [1.82, 2.24) is 10.2 Å². The minimum absolute atomic E-state index is 0.0533. The molecule has 1 aromatic carbocycles. The van der Waals surface area contributed by atoms with Crippen LogP contribution in [-0.4, -0.2) is 28.0 Å². The van der Waals surface area contributed by atoms with Gasteiger partial charge in [0.15, 0.2) is 0 Å². The lowest BCUT2D eigenvalue weighted by Crippen LogP contribution is -2.31. The van der Waals surface area contributed by atoms with Crippen LogP contribution in [-0.2, 0) is 19.7 Å². The molecule has 0 saturated heterocycles. The summed E-state index contributed by atoms with van der Waals surface area (Å²) in [5.41, 5.74) is 0. The number of rotatable bonds is 5. The van der Waals surface area contributed by atoms with Gasteiger partial charge in [-0.05, 0) is 24.3 Å². The van der Waals surface area contributed by atoms with Crippen molar-refractivity contribution in [3.8, 4) is 0 Å². The number of amides is 1. The zero-order chi connectivity index (χ0) is 12.9. The minimum atomic E-state index is -3.75. The third-order valence-corrected chi connectivity index (χ3v) is 3.53. The lowest BCUT2D eigenvalue weighted by Gasteiger charge is -2.06. The maximum atomic E-state index is 11.6. The molecular formula is C9H11BrN2O4S. The number of carbonyl (C=O) groups excluding carboxylic acids is 1. The molecular weight excluding hydrogens is 312 g/mol. The van der Waals surface area contributed by atoms with E-state index >= 15 is 0 Å². The highest BCUT2D eigenvalue weighted by Gasteiger charge is 2.14. The third kappa shape index (κ3) is 4.43. The maximum Gasteiger partial charge on any atom is 0.262 e. The van der Waals surface area contributed by atoms with E-state index in [1.54, 1.807) is 12.1 Å². The zero-order valence-electron chi connectivity index (χ0n) is 8.94. The van der Waals surface area contributed by atoms with Crippen molar-refractivity contribution < 1.29 is 18.0 Å². The van der Waals surface area contributed by atoms with Crippen LogP contribution in [0.25, 0.3) is 0 Å². The number of likely N-dealkylation sites (N-methyl/N-ethyl adjacent to an activating group) is 1. The van der Waals surface area contributed by atoms with Gasteiger partial charge in [-0.25, -0.2) is 8.42 Å². The molecule has 0 unspecified atom stereocenters. The summed E-state index contributed by atoms with van der Waals surface area (Å²) in [5, 5.41) is 2.29. The van der Waals surface area contributed by atoms with E-state index in [2.05, 4.69) is 26.1 Å². The molecule has 0 spiro atoms. The maximum absolute atomic E-state index is 11.6. The normalized spacial score (nSPS) is 11.2. The van der Waals surface area contributed by atoms with E-state index in [9.17, 15) is 13.2 Å². The Balaban J connectivity index is 2.63. The Hall–Kier alpha value is -0.960. The van der Waals surface area contributed by atoms with Crippen LogP contribution in [0.4, 0.5) is 0 Å². The highest BCUT2D eigenvalue weighted by Crippen LogP contribution is 2.14. The summed E-state index contributed by atoms with van der Waals surface area (Å²) in [5.74, 6) is -0.427. The first kappa shape index (κ1) is 14.1. The molecule has 0 aliphatic carbocycles. The SMILES string of the molecule is CNC(=O)CONS(=O)(=O)c1ccc(Br)cc1. The first-order valence-electron chi connectivity index (χ1n) is 4.55. The molecule has 0 heterocycles. The minimum Gasteiger partial charge on any atom is -0.357 e. The molecule has 0 radical (unpaired) electrons. The number of halogens is 1. The number of sulfonamides is 1. The van der Waals surface area contributed by atoms with E-state index in [-0.39, 0.29) is 11.5 Å². The summed E-state index contributed by atoms with van der Waals surface area (Å²) in [6.45, 7) is -0.383. The number of hydrogen-bond acceptors (Lipinski definition) is 4. The highest BCUT2D eigenvalue weighted by atomic mass is 79.9. The lowest BCUT2D eigenvalue weighted by atomic mass is 10.4. The summed E-state index contributed by atoms with van der Waals surface area (Å²) < 4.78 is 24.0. The van der Waals surface area contributed by atoms with Crippen molar-refractivity contribution in [2.24, 2.45) is 0 Å². The second kappa shape index (κ2) is 6.10. The van der Waals surface area contributed by atoms with Crippen molar-refractivity contribution in [3.63, 3.8) is 0 Å². The standard InChI is InChI=1S/C9H11BrN2O4S/c1-11-9(13)6-16-12-17(14,15)8-4-2-7(10)3-5-8/h2-5,12H,6H2,1H3,(H,11,13). The van der Waals surface area contributed by atoms with Gasteiger partial charge in [0.1, 0.15) is 6.61 Å². The number of carbonyl (C=O) groups is 1. The van der Waals surface area contributed by atoms with E-state index in [4.69, 9.17) is 0 Å². The average molecular weight is 323 g/mol. The molecule has 94 valence electrons. The topological polar surface area (TPSA) is 84.5 Å². The fourth-order valence-corrected chi connectivity index (χ4v) is 1.98. The van der Waals surface area contributed by atoms with Crippen molar-refractivity contribution in [2.75, 3.05) is 13.7 Å². The second-order valence-electron chi connectivity index (χ2n) is 3.00. The van der Waals surface area contributed by atoms with Gasteiger partial charge in [-0.2, -0.15) is 0 Å². The molecule has 1 aromatic rings. The van der Waals surface area contributed by atoms with Gasteiger partial charge in [0.25, 0.3) is 10.0 Å². The quantitative estimate of drug-likeness (QED) is 0.769. The van der Waals surface area contributed by atoms with E-state index in [0.717, 1.165) is 4.47 Å². The molecule has 6 nitrogen and oxygen atoms in total. The summed E-state index contributed by atoms with van der Waals surface area (Å²) in [4.78, 5) is 17.3. The monoisotopic (exact) mass is 322 g/mol. The van der Waals surface area contributed by atoms with Gasteiger partial charge in [-0.1, -0.05) is 20.8 Å². The zero-order valence-corrected chi connectivity index (χ0v) is 11.3. The molecule has 8 heteroatoms. The lowest BCUT2D eigenvalue weighted by molar-refractivity contribution is -0.126. The van der Waals surface area contributed by atoms with E-state index in [1.165, 1.54) is 19.2 Å². The summed E-state index contributed by atoms with van der Waals surface area (Å²) in [6, 6.07) is 6.01. The van der Waals surface area contributed by atoms with Crippen LogP contribution in [0.15, 0.2) is 33.6 Å². The Kier molecular flexibility index (Phi) is 5.06. The van der Waals surface area contributed by atoms with Crippen LogP contribution in [0.3, 0.4) is 0 Å². The Bertz CT molecular complexity index is 486. The molecule has 1 amide bonds. The summed E-state index contributed by atoms with van der Waals surface area (Å²) >= 11 is 3.19. The summed E-state index contributed by atoms with van der Waals surface area (Å²) in [6.07, 6.45) is 0. The Labute approximate surface area is 107 Å². The van der Waals surface area contributed by atoms with Gasteiger partial charge in [0.05, 0.1) is 4.90 Å². The van der Waals surface area contributed by atoms with Crippen molar-refractivity contribution in [1.29, 1.82) is 0 Å². The van der Waals surface area contributed by atoms with Gasteiger partial charge < -0.3 is 5.32 Å². The molecule has 0 aliphatic rings. The number of nitrogens with one attached hydrogen (secondary N) is 2. The largest absolute Gasteiger partial charge is 0.357 e. The van der Waals surface area contributed by atoms with E-state index < -0.39 is 15.9 Å². The predicted octanol–water partition coefficient (Wildman–Crippen LogP) is 0.405. The first-order chi connectivity index (χ1) is 7.95. The molecule has 0 saturated carbocycles. The Morgan fingerprint density at radius 3 is 2.47 bits per heavy atom. The first-order valence-corrected chi connectivity index (χ1v) is 6.83. The van der Waals surface area contributed by atoms with Crippen LogP contribution in [0.1, 0.15) is 0 Å². The van der Waals surface area contributed by atoms with Crippen LogP contribution in [0, 0.1) is 0 Å². The van der Waals surface area contributed by atoms with Crippen LogP contribution in [0.5, 0.6) is 0 Å². The molecule has 0 aromatic heterocycles. The van der Waals surface area contributed by atoms with E-state index in [0.29, 0.717) is 0 Å². The van der Waals surface area contributed by atoms with Gasteiger partial charge in [0, 0.05) is 11.5 Å². The molecule has 17 heavy (non-hydrogen) atoms. The van der Waals surface area contributed by atoms with Gasteiger partial charge in [-0.15, -0.1) is 0 Å². The van der Waals surface area contributed by atoms with Crippen molar-refractivity contribution in [3.05, 3.63) is 28.7 Å². The molecule has 0 fully saturated rings. The Morgan fingerprint density at radius 1 is 1.35 bits per heavy atom. The third-order valence-electron chi connectivity index (χ3n) is 1.77. The van der Waals surface area contributed by atoms with Gasteiger partial charge >= 0.3 is 0 Å². The predicted molar refractivity (Wildman–Crippen MR) is 64.5 cm³/mol. The van der Waals surface area contributed by atoms with Crippen LogP contribution >= 0.6 is 15.9 Å². The van der Waals surface area contributed by atoms with Gasteiger partial charge in [-0.3, -0.25) is 9.63 Å². The Morgan fingerprint density at radius 2 is 1.94 bits per heavy atom. The number of hydrogen-bond donors (Lipinski definition) is 2. The van der Waals surface area contributed by atoms with Gasteiger partial charge in [0.2, 0.25) is 5.91 Å². The molecule has 2 N–H and O–H groups in total. The molecule has 0 atom stereocenters. The second-order valence-corrected chi connectivity index (χ2v) is 5.56.